The van der Waals surface area contributed by atoms with Gasteiger partial charge in [-0.1, -0.05) is 75.4 Å². The van der Waals surface area contributed by atoms with Crippen LogP contribution in [0, 0.1) is 0 Å². The van der Waals surface area contributed by atoms with Crippen molar-refractivity contribution in [1.29, 1.82) is 0 Å². The van der Waals surface area contributed by atoms with Gasteiger partial charge < -0.3 is 20.4 Å². The highest BCUT2D eigenvalue weighted by Crippen LogP contribution is 2.32. The van der Waals surface area contributed by atoms with Crippen LogP contribution in [0.3, 0.4) is 0 Å². The fourth-order valence-corrected chi connectivity index (χ4v) is 3.04. The zero-order chi connectivity index (χ0) is 23.2. The van der Waals surface area contributed by atoms with E-state index < -0.39 is 11.9 Å². The molecule has 0 amide bonds. The van der Waals surface area contributed by atoms with Crippen molar-refractivity contribution in [2.24, 2.45) is 0 Å². The van der Waals surface area contributed by atoms with Crippen LogP contribution in [0.2, 0.25) is 0 Å². The van der Waals surface area contributed by atoms with E-state index in [1.54, 1.807) is 24.3 Å². The van der Waals surface area contributed by atoms with Crippen LogP contribution >= 0.6 is 0 Å². The first-order valence-electron chi connectivity index (χ1n) is 9.66. The molecule has 0 atom stereocenters. The zero-order valence-electron chi connectivity index (χ0n) is 17.7. The second-order valence-corrected chi connectivity index (χ2v) is 8.04. The summed E-state index contributed by atoms with van der Waals surface area (Å²) in [7, 11) is 0. The van der Waals surface area contributed by atoms with Crippen molar-refractivity contribution in [3.8, 4) is 11.5 Å². The molecule has 0 aromatic heterocycles. The van der Waals surface area contributed by atoms with Crippen molar-refractivity contribution < 1.29 is 30.0 Å². The van der Waals surface area contributed by atoms with E-state index in [-0.39, 0.29) is 28.0 Å². The van der Waals surface area contributed by atoms with Crippen molar-refractivity contribution in [3.05, 3.63) is 94.5 Å². The fourth-order valence-electron chi connectivity index (χ4n) is 3.04. The number of carbonyl (C=O) groups is 2. The van der Waals surface area contributed by atoms with Crippen molar-refractivity contribution in [1.82, 2.24) is 0 Å². The van der Waals surface area contributed by atoms with E-state index in [0.29, 0.717) is 17.5 Å². The molecule has 3 rings (SSSR count). The Morgan fingerprint density at radius 2 is 1.23 bits per heavy atom. The molecule has 0 heterocycles. The number of aromatic hydroxyl groups is 2. The topological polar surface area (TPSA) is 115 Å². The molecule has 0 aliphatic heterocycles. The summed E-state index contributed by atoms with van der Waals surface area (Å²) in [6.07, 6.45) is 0.522. The van der Waals surface area contributed by atoms with Gasteiger partial charge in [0.05, 0.1) is 0 Å². The standard InChI is InChI=1S/C14H12O3.C11H14O3/c15-13-11(7-4-8-12(13)14(16)17)9-10-5-2-1-3-6-10;1-11(2,3)8-6-4-5-7(9(8)12)10(13)14/h1-8,15H,9H2,(H,16,17);4-6,12H,1-3H3,(H,13,14). The Hall–Kier alpha value is -3.80. The number of para-hydroxylation sites is 2. The number of carboxylic acids is 2. The molecule has 31 heavy (non-hydrogen) atoms. The van der Waals surface area contributed by atoms with Crippen molar-refractivity contribution in [3.63, 3.8) is 0 Å². The summed E-state index contributed by atoms with van der Waals surface area (Å²) in [4.78, 5) is 21.6. The highest BCUT2D eigenvalue weighted by molar-refractivity contribution is 5.91. The van der Waals surface area contributed by atoms with Gasteiger partial charge in [-0.2, -0.15) is 0 Å². The van der Waals surface area contributed by atoms with Crippen LogP contribution in [-0.2, 0) is 11.8 Å². The van der Waals surface area contributed by atoms with Crippen LogP contribution in [0.25, 0.3) is 0 Å². The molecule has 4 N–H and O–H groups in total. The molecule has 0 saturated heterocycles. The van der Waals surface area contributed by atoms with Gasteiger partial charge in [-0.15, -0.1) is 0 Å². The minimum atomic E-state index is -1.11. The third-order valence-electron chi connectivity index (χ3n) is 4.66. The Balaban J connectivity index is 0.000000225. The minimum Gasteiger partial charge on any atom is -0.507 e. The zero-order valence-corrected chi connectivity index (χ0v) is 17.7. The molecule has 3 aromatic rings. The molecule has 0 radical (unpaired) electrons. The summed E-state index contributed by atoms with van der Waals surface area (Å²) in [6, 6.07) is 19.2. The lowest BCUT2D eigenvalue weighted by Crippen LogP contribution is -2.12. The Morgan fingerprint density at radius 1 is 0.710 bits per heavy atom. The number of aromatic carboxylic acids is 2. The number of phenols is 2. The molecule has 0 saturated carbocycles. The Bertz CT molecular complexity index is 1070. The average molecular weight is 422 g/mol. The van der Waals surface area contributed by atoms with Gasteiger partial charge in [-0.3, -0.25) is 0 Å². The summed E-state index contributed by atoms with van der Waals surface area (Å²) < 4.78 is 0. The Kier molecular flexibility index (Phi) is 7.42. The number of hydrogen-bond acceptors (Lipinski definition) is 4. The Morgan fingerprint density at radius 3 is 1.74 bits per heavy atom. The van der Waals surface area contributed by atoms with Crippen LogP contribution in [0.15, 0.2) is 66.7 Å². The molecular weight excluding hydrogens is 396 g/mol. The largest absolute Gasteiger partial charge is 0.507 e. The van der Waals surface area contributed by atoms with E-state index in [1.807, 2.05) is 51.1 Å². The van der Waals surface area contributed by atoms with E-state index in [1.165, 1.54) is 12.1 Å². The average Bonchev–Trinajstić information content (AvgIpc) is 2.69. The summed E-state index contributed by atoms with van der Waals surface area (Å²) in [5.74, 6) is -2.50. The summed E-state index contributed by atoms with van der Waals surface area (Å²) in [5, 5.41) is 37.2. The van der Waals surface area contributed by atoms with Crippen molar-refractivity contribution in [2.75, 3.05) is 0 Å². The first-order valence-corrected chi connectivity index (χ1v) is 9.66. The van der Waals surface area contributed by atoms with Crippen LogP contribution in [0.1, 0.15) is 58.2 Å². The van der Waals surface area contributed by atoms with Crippen LogP contribution in [0.5, 0.6) is 11.5 Å². The smallest absolute Gasteiger partial charge is 0.339 e. The van der Waals surface area contributed by atoms with E-state index in [2.05, 4.69) is 0 Å². The lowest BCUT2D eigenvalue weighted by molar-refractivity contribution is 0.0682. The number of rotatable bonds is 4. The molecule has 0 unspecified atom stereocenters. The maximum atomic E-state index is 10.9. The number of carboxylic acid groups (broad SMARTS) is 2. The van der Waals surface area contributed by atoms with Gasteiger partial charge in [0, 0.05) is 12.0 Å². The summed E-state index contributed by atoms with van der Waals surface area (Å²) in [6.45, 7) is 5.77. The first kappa shape index (κ1) is 23.5. The molecule has 0 aliphatic rings. The van der Waals surface area contributed by atoms with Gasteiger partial charge in [0.2, 0.25) is 0 Å². The molecule has 0 bridgehead atoms. The van der Waals surface area contributed by atoms with Crippen molar-refractivity contribution >= 4 is 11.9 Å². The predicted molar refractivity (Wildman–Crippen MR) is 118 cm³/mol. The fraction of sp³-hybridized carbons (Fsp3) is 0.200. The molecule has 162 valence electrons. The van der Waals surface area contributed by atoms with Crippen LogP contribution in [0.4, 0.5) is 0 Å². The lowest BCUT2D eigenvalue weighted by Gasteiger charge is -2.20. The molecule has 6 nitrogen and oxygen atoms in total. The highest BCUT2D eigenvalue weighted by atomic mass is 16.4. The van der Waals surface area contributed by atoms with Gasteiger partial charge in [0.1, 0.15) is 22.6 Å². The van der Waals surface area contributed by atoms with Gasteiger partial charge in [-0.05, 0) is 28.7 Å². The SMILES string of the molecule is CC(C)(C)c1cccc(C(=O)O)c1O.O=C(O)c1cccc(Cc2ccccc2)c1O. The Labute approximate surface area is 181 Å². The molecular formula is C25H26O6. The maximum absolute atomic E-state index is 10.9. The molecule has 0 spiro atoms. The number of benzene rings is 3. The molecule has 0 fully saturated rings. The lowest BCUT2D eigenvalue weighted by atomic mass is 9.85. The van der Waals surface area contributed by atoms with Crippen LogP contribution < -0.4 is 0 Å². The van der Waals surface area contributed by atoms with E-state index in [9.17, 15) is 19.8 Å². The van der Waals surface area contributed by atoms with Gasteiger partial charge in [-0.25, -0.2) is 9.59 Å². The van der Waals surface area contributed by atoms with E-state index in [4.69, 9.17) is 10.2 Å². The minimum absolute atomic E-state index is 0.0441. The summed E-state index contributed by atoms with van der Waals surface area (Å²) >= 11 is 0. The van der Waals surface area contributed by atoms with E-state index in [0.717, 1.165) is 5.56 Å². The third kappa shape index (κ3) is 6.09. The van der Waals surface area contributed by atoms with Crippen molar-refractivity contribution in [2.45, 2.75) is 32.6 Å². The van der Waals surface area contributed by atoms with Crippen LogP contribution in [-0.4, -0.2) is 32.4 Å². The molecule has 6 heteroatoms. The van der Waals surface area contributed by atoms with Gasteiger partial charge in [0.25, 0.3) is 0 Å². The quantitative estimate of drug-likeness (QED) is 0.467. The second-order valence-electron chi connectivity index (χ2n) is 8.04. The predicted octanol–water partition coefficient (Wildman–Crippen LogP) is 5.07. The van der Waals surface area contributed by atoms with Gasteiger partial charge in [0.15, 0.2) is 0 Å². The molecule has 3 aromatic carbocycles. The van der Waals surface area contributed by atoms with E-state index >= 15 is 0 Å². The maximum Gasteiger partial charge on any atom is 0.339 e. The first-order chi connectivity index (χ1) is 14.5. The normalized spacial score (nSPS) is 10.7. The number of hydrogen-bond donors (Lipinski definition) is 4. The third-order valence-corrected chi connectivity index (χ3v) is 4.66. The molecule has 0 aliphatic carbocycles. The second kappa shape index (κ2) is 9.80. The van der Waals surface area contributed by atoms with Gasteiger partial charge >= 0.3 is 11.9 Å². The highest BCUT2D eigenvalue weighted by Gasteiger charge is 2.21. The summed E-state index contributed by atoms with van der Waals surface area (Å²) in [5.41, 5.74) is 1.95. The monoisotopic (exact) mass is 422 g/mol.